The number of esters is 1. The number of carbonyl (C=O) groups is 1. The van der Waals surface area contributed by atoms with Crippen LogP contribution in [0, 0.1) is 28.6 Å². The van der Waals surface area contributed by atoms with E-state index in [9.17, 15) is 4.79 Å². The van der Waals surface area contributed by atoms with Crippen molar-refractivity contribution >= 4 is 5.97 Å². The molecule has 0 aromatic carbocycles. The third-order valence-corrected chi connectivity index (χ3v) is 9.92. The number of ether oxygens (including phenoxy) is 1. The summed E-state index contributed by atoms with van der Waals surface area (Å²) in [7, 11) is 0. The summed E-state index contributed by atoms with van der Waals surface area (Å²) in [6, 6.07) is 0. The van der Waals surface area contributed by atoms with Crippen molar-refractivity contribution in [2.45, 2.75) is 105 Å². The zero-order valence-electron chi connectivity index (χ0n) is 22.1. The zero-order chi connectivity index (χ0) is 24.1. The van der Waals surface area contributed by atoms with Gasteiger partial charge in [0.15, 0.2) is 0 Å². The van der Waals surface area contributed by atoms with E-state index >= 15 is 0 Å². The molecule has 1 aliphatic heterocycles. The van der Waals surface area contributed by atoms with E-state index < -0.39 is 0 Å². The van der Waals surface area contributed by atoms with Crippen molar-refractivity contribution in [3.63, 3.8) is 0 Å². The summed E-state index contributed by atoms with van der Waals surface area (Å²) in [6.45, 7) is 11.6. The molecule has 2 fully saturated rings. The van der Waals surface area contributed by atoms with Gasteiger partial charge in [0.05, 0.1) is 5.41 Å². The van der Waals surface area contributed by atoms with E-state index in [0.29, 0.717) is 11.8 Å². The molecule has 6 atom stereocenters. The van der Waals surface area contributed by atoms with Gasteiger partial charge in [-0.1, -0.05) is 60.4 Å². The molecule has 1 heterocycles. The molecule has 2 nitrogen and oxygen atoms in total. The molecular formula is C32H44O2. The largest absolute Gasteiger partial charge is 0.457 e. The molecule has 184 valence electrons. The van der Waals surface area contributed by atoms with Gasteiger partial charge in [-0.15, -0.1) is 0 Å². The Hall–Kier alpha value is -1.83. The van der Waals surface area contributed by atoms with Crippen molar-refractivity contribution in [1.82, 2.24) is 0 Å². The molecule has 1 saturated carbocycles. The first-order valence-electron chi connectivity index (χ1n) is 13.9. The molecule has 0 aromatic rings. The Labute approximate surface area is 207 Å². The van der Waals surface area contributed by atoms with Gasteiger partial charge in [-0.3, -0.25) is 4.79 Å². The second kappa shape index (κ2) is 8.99. The summed E-state index contributed by atoms with van der Waals surface area (Å²) < 4.78 is 6.34. The Morgan fingerprint density at radius 2 is 1.65 bits per heavy atom. The van der Waals surface area contributed by atoms with E-state index in [0.717, 1.165) is 57.8 Å². The molecule has 1 spiro atoms. The Kier molecular flexibility index (Phi) is 6.32. The summed E-state index contributed by atoms with van der Waals surface area (Å²) in [5.41, 5.74) is 7.28. The van der Waals surface area contributed by atoms with Crippen LogP contribution < -0.4 is 0 Å². The first-order chi connectivity index (χ1) is 16.2. The molecule has 2 bridgehead atoms. The first-order valence-corrected chi connectivity index (χ1v) is 13.9. The fourth-order valence-electron chi connectivity index (χ4n) is 8.19. The molecule has 3 unspecified atom stereocenters. The van der Waals surface area contributed by atoms with Gasteiger partial charge in [0.2, 0.25) is 0 Å². The lowest BCUT2D eigenvalue weighted by Gasteiger charge is -2.41. The van der Waals surface area contributed by atoms with Gasteiger partial charge in [0, 0.05) is 5.92 Å². The molecule has 5 rings (SSSR count). The van der Waals surface area contributed by atoms with Crippen molar-refractivity contribution in [3.05, 3.63) is 58.2 Å². The van der Waals surface area contributed by atoms with Crippen LogP contribution in [0.1, 0.15) is 98.8 Å². The molecule has 0 radical (unpaired) electrons. The normalized spacial score (nSPS) is 45.3. The molecule has 34 heavy (non-hydrogen) atoms. The van der Waals surface area contributed by atoms with E-state index in [1.165, 1.54) is 23.1 Å². The minimum Gasteiger partial charge on any atom is -0.457 e. The molecule has 0 N–H and O–H groups in total. The fourth-order valence-corrected chi connectivity index (χ4v) is 8.19. The number of fused-ring (bicyclic) bond motifs is 7. The van der Waals surface area contributed by atoms with Crippen LogP contribution in [0.5, 0.6) is 0 Å². The lowest BCUT2D eigenvalue weighted by atomic mass is 9.58. The maximum Gasteiger partial charge on any atom is 0.313 e. The van der Waals surface area contributed by atoms with Crippen LogP contribution in [-0.4, -0.2) is 12.1 Å². The lowest BCUT2D eigenvalue weighted by Crippen LogP contribution is -2.42. The Morgan fingerprint density at radius 3 is 2.41 bits per heavy atom. The second-order valence-electron chi connectivity index (χ2n) is 12.5. The molecular weight excluding hydrogens is 416 g/mol. The number of rotatable bonds is 0. The first kappa shape index (κ1) is 23.9. The van der Waals surface area contributed by atoms with Crippen molar-refractivity contribution in [2.75, 3.05) is 0 Å². The minimum atomic E-state index is -0.338. The quantitative estimate of drug-likeness (QED) is 0.268. The highest BCUT2D eigenvalue weighted by Gasteiger charge is 2.70. The molecule has 2 heteroatoms. The Bertz CT molecular complexity index is 1000. The smallest absolute Gasteiger partial charge is 0.313 e. The van der Waals surface area contributed by atoms with E-state index in [1.54, 1.807) is 11.1 Å². The summed E-state index contributed by atoms with van der Waals surface area (Å²) in [6.07, 6.45) is 22.9. The van der Waals surface area contributed by atoms with Crippen molar-refractivity contribution < 1.29 is 9.53 Å². The average Bonchev–Trinajstić information content (AvgIpc) is 3.26. The number of hydrogen-bond donors (Lipinski definition) is 0. The highest BCUT2D eigenvalue weighted by Crippen LogP contribution is 2.72. The molecule has 0 aromatic heterocycles. The predicted molar refractivity (Wildman–Crippen MR) is 140 cm³/mol. The van der Waals surface area contributed by atoms with E-state index in [4.69, 9.17) is 4.74 Å². The van der Waals surface area contributed by atoms with Crippen LogP contribution in [0.4, 0.5) is 0 Å². The van der Waals surface area contributed by atoms with Crippen molar-refractivity contribution in [1.29, 1.82) is 0 Å². The van der Waals surface area contributed by atoms with Gasteiger partial charge in [0.1, 0.15) is 6.10 Å². The lowest BCUT2D eigenvalue weighted by molar-refractivity contribution is -0.149. The topological polar surface area (TPSA) is 26.3 Å². The third-order valence-electron chi connectivity index (χ3n) is 9.92. The molecule has 0 amide bonds. The molecule has 5 aliphatic rings. The number of allylic oxidation sites excluding steroid dienone is 9. The van der Waals surface area contributed by atoms with Gasteiger partial charge in [-0.05, 0) is 114 Å². The van der Waals surface area contributed by atoms with Crippen LogP contribution >= 0.6 is 0 Å². The van der Waals surface area contributed by atoms with Gasteiger partial charge in [-0.25, -0.2) is 0 Å². The third kappa shape index (κ3) is 3.90. The predicted octanol–water partition coefficient (Wildman–Crippen LogP) is 8.42. The van der Waals surface area contributed by atoms with E-state index in [2.05, 4.69) is 65.0 Å². The van der Waals surface area contributed by atoms with Crippen molar-refractivity contribution in [3.8, 4) is 0 Å². The fraction of sp³-hybridized carbons (Fsp3) is 0.656. The van der Waals surface area contributed by atoms with Crippen LogP contribution in [-0.2, 0) is 9.53 Å². The highest BCUT2D eigenvalue weighted by atomic mass is 16.6. The van der Waals surface area contributed by atoms with Crippen LogP contribution in [0.2, 0.25) is 0 Å². The van der Waals surface area contributed by atoms with Gasteiger partial charge >= 0.3 is 5.97 Å². The SMILES string of the molecule is C/C1=C\CC/C(C)=C/[C@@H]2OC(=O)[C@@]3(C[C@]4(C)CC3C3=C4C=CCCC3C)C2CC/C(C)=C/CC1. The standard InChI is InChI=1S/C32H44O2/c1-21-10-8-12-22(2)16-17-25-28(18-23(3)13-9-11-21)34-30(33)32(25)20-31(5)19-27(32)29-24(4)14-6-7-15-26(29)31/h7,11-12,15,18,24-25,27-28H,6,8-10,13-14,16-17,19-20H2,1-5H3/b21-11+,22-12+,23-18+/t24?,25?,27?,28-,31-,32-/m0/s1. The molecule has 4 aliphatic carbocycles. The summed E-state index contributed by atoms with van der Waals surface area (Å²) in [5.74, 6) is 1.30. The van der Waals surface area contributed by atoms with E-state index in [-0.39, 0.29) is 28.8 Å². The van der Waals surface area contributed by atoms with Gasteiger partial charge < -0.3 is 4.74 Å². The minimum absolute atomic E-state index is 0.0723. The molecule has 1 saturated heterocycles. The van der Waals surface area contributed by atoms with Crippen molar-refractivity contribution in [2.24, 2.45) is 28.6 Å². The van der Waals surface area contributed by atoms with Crippen LogP contribution in [0.15, 0.2) is 58.2 Å². The van der Waals surface area contributed by atoms with Crippen LogP contribution in [0.3, 0.4) is 0 Å². The number of hydrogen-bond acceptors (Lipinski definition) is 2. The maximum absolute atomic E-state index is 13.9. The van der Waals surface area contributed by atoms with Crippen LogP contribution in [0.25, 0.3) is 0 Å². The highest BCUT2D eigenvalue weighted by molar-refractivity contribution is 5.83. The van der Waals surface area contributed by atoms with Gasteiger partial charge in [0.25, 0.3) is 0 Å². The summed E-state index contributed by atoms with van der Waals surface area (Å²) in [5, 5.41) is 0. The summed E-state index contributed by atoms with van der Waals surface area (Å²) in [4.78, 5) is 13.9. The van der Waals surface area contributed by atoms with E-state index in [1.807, 2.05) is 0 Å². The Balaban J connectivity index is 1.54. The van der Waals surface area contributed by atoms with Gasteiger partial charge in [-0.2, -0.15) is 0 Å². The average molecular weight is 461 g/mol. The second-order valence-corrected chi connectivity index (χ2v) is 12.5. The monoisotopic (exact) mass is 460 g/mol. The maximum atomic E-state index is 13.9. The summed E-state index contributed by atoms with van der Waals surface area (Å²) >= 11 is 0. The Morgan fingerprint density at radius 1 is 0.941 bits per heavy atom. The number of carbonyl (C=O) groups excluding carboxylic acids is 1. The zero-order valence-corrected chi connectivity index (χ0v) is 22.1.